The van der Waals surface area contributed by atoms with E-state index in [0.717, 1.165) is 38.9 Å². The van der Waals surface area contributed by atoms with Gasteiger partial charge < -0.3 is 9.72 Å². The summed E-state index contributed by atoms with van der Waals surface area (Å²) in [6, 6.07) is 0.731. The van der Waals surface area contributed by atoms with Crippen molar-refractivity contribution in [3.63, 3.8) is 0 Å². The number of nitrogens with zero attached hydrogens (tertiary/aromatic N) is 3. The third-order valence-corrected chi connectivity index (χ3v) is 4.56. The molecule has 0 bridgehead atoms. The van der Waals surface area contributed by atoms with Gasteiger partial charge in [0.25, 0.3) is 0 Å². The van der Waals surface area contributed by atoms with E-state index < -0.39 is 0 Å². The summed E-state index contributed by atoms with van der Waals surface area (Å²) in [6.45, 7) is 7.49. The van der Waals surface area contributed by atoms with Gasteiger partial charge in [-0.2, -0.15) is 0 Å². The van der Waals surface area contributed by atoms with E-state index in [1.807, 2.05) is 6.20 Å². The Kier molecular flexibility index (Phi) is 5.06. The molecular formula is C15H26N4O. The van der Waals surface area contributed by atoms with Crippen LogP contribution in [-0.4, -0.2) is 65.2 Å². The number of piperidine rings is 1. The second kappa shape index (κ2) is 7.20. The largest absolute Gasteiger partial charge is 0.379 e. The standard InChI is InChI=1S/C15H26N4O/c1-2-5-19(12-14-11-16-13-17-14)15(3-1)4-6-18-7-9-20-10-8-18/h11,13,15H,1-10,12H2,(H,16,17). The van der Waals surface area contributed by atoms with Crippen LogP contribution in [0.5, 0.6) is 0 Å². The fraction of sp³-hybridized carbons (Fsp3) is 0.800. The molecule has 1 atom stereocenters. The summed E-state index contributed by atoms with van der Waals surface area (Å²) in [6.07, 6.45) is 9.08. The Bertz CT molecular complexity index is 375. The molecule has 1 aromatic rings. The predicted octanol–water partition coefficient (Wildman–Crippen LogP) is 1.49. The number of morpholine rings is 1. The molecule has 20 heavy (non-hydrogen) atoms. The van der Waals surface area contributed by atoms with Crippen LogP contribution in [-0.2, 0) is 11.3 Å². The van der Waals surface area contributed by atoms with E-state index in [1.165, 1.54) is 44.5 Å². The van der Waals surface area contributed by atoms with E-state index >= 15 is 0 Å². The second-order valence-electron chi connectivity index (χ2n) is 5.94. The van der Waals surface area contributed by atoms with Gasteiger partial charge in [-0.25, -0.2) is 4.98 Å². The molecule has 0 amide bonds. The Morgan fingerprint density at radius 1 is 1.25 bits per heavy atom. The molecule has 0 radical (unpaired) electrons. The van der Waals surface area contributed by atoms with Crippen LogP contribution in [0.4, 0.5) is 0 Å². The molecule has 0 saturated carbocycles. The van der Waals surface area contributed by atoms with Crippen LogP contribution in [0, 0.1) is 0 Å². The average molecular weight is 278 g/mol. The van der Waals surface area contributed by atoms with Crippen LogP contribution in [0.15, 0.2) is 12.5 Å². The monoisotopic (exact) mass is 278 g/mol. The Balaban J connectivity index is 1.49. The Labute approximate surface area is 121 Å². The molecule has 1 aromatic heterocycles. The number of aromatic nitrogens is 2. The van der Waals surface area contributed by atoms with Gasteiger partial charge in [0.05, 0.1) is 19.5 Å². The molecule has 3 heterocycles. The number of aromatic amines is 1. The second-order valence-corrected chi connectivity index (χ2v) is 5.94. The third kappa shape index (κ3) is 3.81. The minimum absolute atomic E-state index is 0.731. The molecule has 2 fully saturated rings. The summed E-state index contributed by atoms with van der Waals surface area (Å²) in [5.41, 5.74) is 1.24. The van der Waals surface area contributed by atoms with Gasteiger partial charge in [-0.3, -0.25) is 9.80 Å². The highest BCUT2D eigenvalue weighted by Gasteiger charge is 2.23. The van der Waals surface area contributed by atoms with Gasteiger partial charge >= 0.3 is 0 Å². The van der Waals surface area contributed by atoms with Crippen LogP contribution in [0.3, 0.4) is 0 Å². The van der Waals surface area contributed by atoms with Gasteiger partial charge in [0, 0.05) is 37.6 Å². The van der Waals surface area contributed by atoms with E-state index in [0.29, 0.717) is 0 Å². The predicted molar refractivity (Wildman–Crippen MR) is 78.5 cm³/mol. The van der Waals surface area contributed by atoms with Crippen molar-refractivity contribution in [1.82, 2.24) is 19.8 Å². The summed E-state index contributed by atoms with van der Waals surface area (Å²) in [5, 5.41) is 0. The van der Waals surface area contributed by atoms with Crippen molar-refractivity contribution in [1.29, 1.82) is 0 Å². The maximum Gasteiger partial charge on any atom is 0.0922 e. The van der Waals surface area contributed by atoms with Crippen LogP contribution >= 0.6 is 0 Å². The minimum Gasteiger partial charge on any atom is -0.379 e. The fourth-order valence-electron chi connectivity index (χ4n) is 3.34. The van der Waals surface area contributed by atoms with Gasteiger partial charge in [0.2, 0.25) is 0 Å². The average Bonchev–Trinajstić information content (AvgIpc) is 3.00. The summed E-state index contributed by atoms with van der Waals surface area (Å²) in [4.78, 5) is 12.5. The number of imidazole rings is 1. The van der Waals surface area contributed by atoms with E-state index in [2.05, 4.69) is 19.8 Å². The molecule has 2 saturated heterocycles. The van der Waals surface area contributed by atoms with Crippen molar-refractivity contribution >= 4 is 0 Å². The van der Waals surface area contributed by atoms with Crippen molar-refractivity contribution in [2.45, 2.75) is 38.3 Å². The zero-order chi connectivity index (χ0) is 13.6. The van der Waals surface area contributed by atoms with Gasteiger partial charge in [-0.15, -0.1) is 0 Å². The fourth-order valence-corrected chi connectivity index (χ4v) is 3.34. The van der Waals surface area contributed by atoms with Crippen molar-refractivity contribution in [3.05, 3.63) is 18.2 Å². The van der Waals surface area contributed by atoms with Crippen molar-refractivity contribution < 1.29 is 4.74 Å². The first-order valence-corrected chi connectivity index (χ1v) is 7.93. The maximum absolute atomic E-state index is 5.42. The highest BCUT2D eigenvalue weighted by atomic mass is 16.5. The molecule has 5 nitrogen and oxygen atoms in total. The highest BCUT2D eigenvalue weighted by molar-refractivity contribution is 4.95. The first-order chi connectivity index (χ1) is 9.92. The van der Waals surface area contributed by atoms with Gasteiger partial charge in [0.1, 0.15) is 0 Å². The number of ether oxygens (including phenoxy) is 1. The smallest absolute Gasteiger partial charge is 0.0922 e. The molecule has 0 aliphatic carbocycles. The first kappa shape index (κ1) is 14.0. The highest BCUT2D eigenvalue weighted by Crippen LogP contribution is 2.21. The topological polar surface area (TPSA) is 44.4 Å². The zero-order valence-electron chi connectivity index (χ0n) is 12.3. The quantitative estimate of drug-likeness (QED) is 0.886. The van der Waals surface area contributed by atoms with Gasteiger partial charge in [-0.1, -0.05) is 6.42 Å². The molecule has 0 spiro atoms. The lowest BCUT2D eigenvalue weighted by Gasteiger charge is -2.37. The molecule has 1 unspecified atom stereocenters. The molecule has 5 heteroatoms. The summed E-state index contributed by atoms with van der Waals surface area (Å²) < 4.78 is 5.42. The first-order valence-electron chi connectivity index (χ1n) is 7.93. The Morgan fingerprint density at radius 3 is 2.95 bits per heavy atom. The number of rotatable bonds is 5. The summed E-state index contributed by atoms with van der Waals surface area (Å²) in [5.74, 6) is 0. The molecule has 1 N–H and O–H groups in total. The summed E-state index contributed by atoms with van der Waals surface area (Å²) >= 11 is 0. The van der Waals surface area contributed by atoms with Crippen LogP contribution in [0.2, 0.25) is 0 Å². The molecule has 2 aliphatic rings. The normalized spacial score (nSPS) is 25.9. The minimum atomic E-state index is 0.731. The molecule has 2 aliphatic heterocycles. The van der Waals surface area contributed by atoms with E-state index in [1.54, 1.807) is 6.33 Å². The maximum atomic E-state index is 5.42. The lowest BCUT2D eigenvalue weighted by atomic mass is 9.99. The number of nitrogens with one attached hydrogen (secondary N) is 1. The number of hydrogen-bond acceptors (Lipinski definition) is 4. The third-order valence-electron chi connectivity index (χ3n) is 4.56. The van der Waals surface area contributed by atoms with Crippen LogP contribution in [0.25, 0.3) is 0 Å². The Morgan fingerprint density at radius 2 is 2.15 bits per heavy atom. The molecule has 112 valence electrons. The van der Waals surface area contributed by atoms with Crippen molar-refractivity contribution in [2.24, 2.45) is 0 Å². The molecular weight excluding hydrogens is 252 g/mol. The number of H-pyrrole nitrogens is 1. The van der Waals surface area contributed by atoms with E-state index in [4.69, 9.17) is 4.74 Å². The van der Waals surface area contributed by atoms with Gasteiger partial charge in [-0.05, 0) is 32.4 Å². The SMILES string of the molecule is c1ncc(CN2CCCCC2CCN2CCOCC2)[nH]1. The Hall–Kier alpha value is -0.910. The van der Waals surface area contributed by atoms with Crippen molar-refractivity contribution in [3.8, 4) is 0 Å². The lowest BCUT2D eigenvalue weighted by Crippen LogP contribution is -2.43. The van der Waals surface area contributed by atoms with Crippen LogP contribution in [0.1, 0.15) is 31.4 Å². The zero-order valence-corrected chi connectivity index (χ0v) is 12.3. The van der Waals surface area contributed by atoms with Crippen LogP contribution < -0.4 is 0 Å². The van der Waals surface area contributed by atoms with E-state index in [-0.39, 0.29) is 0 Å². The number of hydrogen-bond donors (Lipinski definition) is 1. The van der Waals surface area contributed by atoms with E-state index in [9.17, 15) is 0 Å². The van der Waals surface area contributed by atoms with Gasteiger partial charge in [0.15, 0.2) is 0 Å². The molecule has 0 aromatic carbocycles. The van der Waals surface area contributed by atoms with Crippen molar-refractivity contribution in [2.75, 3.05) is 39.4 Å². The summed E-state index contributed by atoms with van der Waals surface area (Å²) in [7, 11) is 0. The number of likely N-dealkylation sites (tertiary alicyclic amines) is 1. The lowest BCUT2D eigenvalue weighted by molar-refractivity contribution is 0.0301. The molecule has 3 rings (SSSR count).